The molecule has 3 aliphatic rings. The molecule has 4 rings (SSSR count). The van der Waals surface area contributed by atoms with E-state index in [0.717, 1.165) is 35.7 Å². The molecule has 2 atom stereocenters. The lowest BCUT2D eigenvalue weighted by Crippen LogP contribution is -2.35. The van der Waals surface area contributed by atoms with Gasteiger partial charge >= 0.3 is 7.40 Å². The van der Waals surface area contributed by atoms with Crippen LogP contribution in [-0.4, -0.2) is 17.9 Å². The summed E-state index contributed by atoms with van der Waals surface area (Å²) in [5, 5.41) is 0. The van der Waals surface area contributed by atoms with Crippen LogP contribution in [0.1, 0.15) is 36.8 Å². The lowest BCUT2D eigenvalue weighted by Gasteiger charge is -2.31. The minimum absolute atomic E-state index is 0.262. The van der Waals surface area contributed by atoms with Gasteiger partial charge in [-0.2, -0.15) is 0 Å². The Labute approximate surface area is 180 Å². The highest BCUT2D eigenvalue weighted by Crippen LogP contribution is 2.37. The van der Waals surface area contributed by atoms with Gasteiger partial charge in [-0.05, 0) is 54.4 Å². The van der Waals surface area contributed by atoms with E-state index in [-0.39, 0.29) is 6.10 Å². The van der Waals surface area contributed by atoms with Gasteiger partial charge in [-0.1, -0.05) is 83.3 Å². The van der Waals surface area contributed by atoms with Crippen molar-refractivity contribution >= 4 is 41.6 Å². The highest BCUT2D eigenvalue weighted by molar-refractivity contribution is 14.1. The predicted octanol–water partition coefficient (Wildman–Crippen LogP) is 6.46. The van der Waals surface area contributed by atoms with Gasteiger partial charge in [-0.3, -0.25) is 0 Å². The molecule has 1 aromatic carbocycles. The molecule has 2 nitrogen and oxygen atoms in total. The van der Waals surface area contributed by atoms with Gasteiger partial charge in [0.05, 0.1) is 6.10 Å². The van der Waals surface area contributed by atoms with Crippen molar-refractivity contribution in [1.29, 1.82) is 0 Å². The average Bonchev–Trinajstić information content (AvgIpc) is 2.74. The second-order valence-corrected chi connectivity index (χ2v) is 8.09. The normalized spacial score (nSPS) is 26.1. The third-order valence-electron chi connectivity index (χ3n) is 5.44. The summed E-state index contributed by atoms with van der Waals surface area (Å²) in [5.41, 5.74) is 4.49. The average molecular weight is 488 g/mol. The van der Waals surface area contributed by atoms with Gasteiger partial charge in [-0.25, -0.2) is 4.32 Å². The van der Waals surface area contributed by atoms with Crippen molar-refractivity contribution in [1.82, 2.24) is 0 Å². The molecule has 0 radical (unpaired) electrons. The van der Waals surface area contributed by atoms with E-state index in [2.05, 4.69) is 71.2 Å². The van der Waals surface area contributed by atoms with Crippen molar-refractivity contribution in [3.63, 3.8) is 0 Å². The Morgan fingerprint density at radius 2 is 2.14 bits per heavy atom. The molecule has 0 spiro atoms. The predicted molar refractivity (Wildman–Crippen MR) is 122 cm³/mol. The van der Waals surface area contributed by atoms with Crippen molar-refractivity contribution in [2.24, 2.45) is 5.92 Å². The number of hydrogen-bond donors (Lipinski definition) is 0. The third kappa shape index (κ3) is 4.36. The Kier molecular flexibility index (Phi) is 6.52. The molecule has 0 N–H and O–H groups in total. The van der Waals surface area contributed by atoms with Crippen LogP contribution in [0.25, 0.3) is 11.6 Å². The fourth-order valence-corrected chi connectivity index (χ4v) is 4.33. The molecule has 1 aliphatic heterocycles. The number of fused-ring (bicyclic) bond motifs is 1. The van der Waals surface area contributed by atoms with Crippen LogP contribution in [0.4, 0.5) is 4.32 Å². The minimum atomic E-state index is -1.73. The van der Waals surface area contributed by atoms with Crippen LogP contribution >= 0.6 is 22.6 Å². The zero-order chi connectivity index (χ0) is 19.3. The SMILES string of the molecule is FB1OC(C(/C=C\CI)=C2/CC=Cc3ccccc32)=CC(C2CC=CCC2)O1. The summed E-state index contributed by atoms with van der Waals surface area (Å²) >= 11 is 2.32. The Hall–Kier alpha value is -1.60. The van der Waals surface area contributed by atoms with E-state index in [9.17, 15) is 4.32 Å². The van der Waals surface area contributed by atoms with Gasteiger partial charge in [0, 0.05) is 10.0 Å². The van der Waals surface area contributed by atoms with Gasteiger partial charge in [0.2, 0.25) is 0 Å². The highest BCUT2D eigenvalue weighted by atomic mass is 127. The number of rotatable bonds is 4. The van der Waals surface area contributed by atoms with E-state index in [1.807, 2.05) is 18.2 Å². The van der Waals surface area contributed by atoms with Crippen LogP contribution in [0.2, 0.25) is 0 Å². The lowest BCUT2D eigenvalue weighted by atomic mass is 9.85. The summed E-state index contributed by atoms with van der Waals surface area (Å²) in [6.07, 6.45) is 18.3. The zero-order valence-electron chi connectivity index (χ0n) is 15.7. The highest BCUT2D eigenvalue weighted by Gasteiger charge is 2.36. The molecule has 0 saturated heterocycles. The van der Waals surface area contributed by atoms with Gasteiger partial charge in [0.1, 0.15) is 5.76 Å². The molecule has 5 heteroatoms. The topological polar surface area (TPSA) is 18.5 Å². The van der Waals surface area contributed by atoms with Crippen LogP contribution in [0.3, 0.4) is 0 Å². The van der Waals surface area contributed by atoms with E-state index in [1.54, 1.807) is 0 Å². The molecular weight excluding hydrogens is 465 g/mol. The summed E-state index contributed by atoms with van der Waals surface area (Å²) in [4.78, 5) is 0. The summed E-state index contributed by atoms with van der Waals surface area (Å²) in [6.45, 7) is 0. The van der Waals surface area contributed by atoms with Crippen molar-refractivity contribution in [3.05, 3.63) is 83.2 Å². The number of halogens is 2. The van der Waals surface area contributed by atoms with Crippen molar-refractivity contribution < 1.29 is 13.6 Å². The number of benzene rings is 1. The molecule has 0 fully saturated rings. The van der Waals surface area contributed by atoms with Gasteiger partial charge in [-0.15, -0.1) is 0 Å². The molecule has 0 bridgehead atoms. The molecule has 0 saturated carbocycles. The van der Waals surface area contributed by atoms with E-state index in [4.69, 9.17) is 9.31 Å². The first kappa shape index (κ1) is 19.7. The largest absolute Gasteiger partial charge is 0.755 e. The zero-order valence-corrected chi connectivity index (χ0v) is 17.8. The molecule has 2 aliphatic carbocycles. The first-order chi connectivity index (χ1) is 13.8. The van der Waals surface area contributed by atoms with Gasteiger partial charge in [0.25, 0.3) is 0 Å². The summed E-state index contributed by atoms with van der Waals surface area (Å²) in [7, 11) is -1.73. The maximum Gasteiger partial charge on any atom is 0.755 e. The van der Waals surface area contributed by atoms with Crippen LogP contribution < -0.4 is 0 Å². The summed E-state index contributed by atoms with van der Waals surface area (Å²) in [6, 6.07) is 8.33. The van der Waals surface area contributed by atoms with E-state index < -0.39 is 7.40 Å². The first-order valence-corrected chi connectivity index (χ1v) is 11.3. The second kappa shape index (κ2) is 9.27. The van der Waals surface area contributed by atoms with Crippen molar-refractivity contribution in [2.75, 3.05) is 4.43 Å². The maximum absolute atomic E-state index is 14.4. The Morgan fingerprint density at radius 3 is 2.96 bits per heavy atom. The Morgan fingerprint density at radius 1 is 1.25 bits per heavy atom. The minimum Gasteiger partial charge on any atom is -0.508 e. The standard InChI is InChI=1S/C23H23BFIO2/c25-24-27-22(18-9-2-1-3-10-18)16-23(28-24)21(14-7-15-26)20-13-6-11-17-8-4-5-12-19(17)20/h1-2,4-8,11-12,14,16,18,22H,3,9-10,13,15H2/b14-7-,21-20-. The van der Waals surface area contributed by atoms with E-state index >= 15 is 0 Å². The molecule has 0 amide bonds. The maximum atomic E-state index is 14.4. The Balaban J connectivity index is 1.77. The third-order valence-corrected chi connectivity index (χ3v) is 5.95. The quantitative estimate of drug-likeness (QED) is 0.210. The van der Waals surface area contributed by atoms with E-state index in [0.29, 0.717) is 11.7 Å². The molecule has 1 heterocycles. The summed E-state index contributed by atoms with van der Waals surface area (Å²) < 4.78 is 26.4. The van der Waals surface area contributed by atoms with Gasteiger partial charge < -0.3 is 9.31 Å². The summed E-state index contributed by atoms with van der Waals surface area (Å²) in [5.74, 6) is 0.889. The molecule has 1 aromatic rings. The van der Waals surface area contributed by atoms with Crippen molar-refractivity contribution in [2.45, 2.75) is 31.8 Å². The van der Waals surface area contributed by atoms with Gasteiger partial charge in [0.15, 0.2) is 0 Å². The molecule has 28 heavy (non-hydrogen) atoms. The first-order valence-electron chi connectivity index (χ1n) is 9.81. The van der Waals surface area contributed by atoms with Crippen molar-refractivity contribution in [3.8, 4) is 0 Å². The fraction of sp³-hybridized carbons (Fsp3) is 0.304. The Bertz CT molecular complexity index is 871. The molecule has 0 aromatic heterocycles. The monoisotopic (exact) mass is 488 g/mol. The van der Waals surface area contributed by atoms with Crippen LogP contribution in [0, 0.1) is 5.92 Å². The van der Waals surface area contributed by atoms with Crippen LogP contribution in [0.5, 0.6) is 0 Å². The van der Waals surface area contributed by atoms with Crippen LogP contribution in [0.15, 0.2) is 72.1 Å². The molecule has 2 unspecified atom stereocenters. The molecular formula is C23H23BFIO2. The van der Waals surface area contributed by atoms with E-state index in [1.165, 1.54) is 16.7 Å². The molecule has 144 valence electrons. The smallest absolute Gasteiger partial charge is 0.508 e. The van der Waals surface area contributed by atoms with Crippen LogP contribution in [-0.2, 0) is 9.31 Å². The lowest BCUT2D eigenvalue weighted by molar-refractivity contribution is 0.0911. The fourth-order valence-electron chi connectivity index (χ4n) is 4.07. The number of hydrogen-bond acceptors (Lipinski definition) is 2. The second-order valence-electron chi connectivity index (χ2n) is 7.21. The number of alkyl halides is 1. The number of allylic oxidation sites excluding steroid dienone is 6.